The molecule has 2 aromatic carbocycles. The first-order valence-corrected chi connectivity index (χ1v) is 13.8. The zero-order valence-electron chi connectivity index (χ0n) is 22.4. The highest BCUT2D eigenvalue weighted by atomic mass is 32.1. The number of thiocarbonyl (C=S) groups is 1. The van der Waals surface area contributed by atoms with Crippen molar-refractivity contribution >= 4 is 33.9 Å². The summed E-state index contributed by atoms with van der Waals surface area (Å²) >= 11 is 5.51. The van der Waals surface area contributed by atoms with Crippen LogP contribution in [0, 0.1) is 11.8 Å². The number of alkyl halides is 6. The van der Waals surface area contributed by atoms with Gasteiger partial charge in [0.2, 0.25) is 0 Å². The molecule has 3 fully saturated rings. The molecule has 12 heteroatoms. The van der Waals surface area contributed by atoms with E-state index in [-0.39, 0.29) is 17.2 Å². The van der Waals surface area contributed by atoms with E-state index in [9.17, 15) is 26.3 Å². The number of nitrogens with zero attached hydrogens (tertiary/aromatic N) is 2. The zero-order chi connectivity index (χ0) is 29.5. The Hall–Kier alpha value is -3.12. The van der Waals surface area contributed by atoms with E-state index in [1.165, 1.54) is 0 Å². The van der Waals surface area contributed by atoms with Crippen LogP contribution in [-0.2, 0) is 12.4 Å². The average molecular weight is 597 g/mol. The Morgan fingerprint density at radius 3 is 2.37 bits per heavy atom. The third-order valence-corrected chi connectivity index (χ3v) is 8.51. The lowest BCUT2D eigenvalue weighted by molar-refractivity contribution is -0.143. The van der Waals surface area contributed by atoms with E-state index >= 15 is 0 Å². The maximum absolute atomic E-state index is 13.4. The number of pyridine rings is 1. The van der Waals surface area contributed by atoms with Gasteiger partial charge in [0.25, 0.3) is 0 Å². The Kier molecular flexibility index (Phi) is 8.08. The molecule has 2 bridgehead atoms. The highest BCUT2D eigenvalue weighted by Gasteiger charge is 2.43. The fourth-order valence-electron chi connectivity index (χ4n) is 6.25. The van der Waals surface area contributed by atoms with Crippen molar-refractivity contribution in [2.45, 2.75) is 50.6 Å². The van der Waals surface area contributed by atoms with E-state index in [0.717, 1.165) is 48.8 Å². The van der Waals surface area contributed by atoms with Crippen molar-refractivity contribution in [2.75, 3.05) is 25.5 Å². The first kappa shape index (κ1) is 29.4. The van der Waals surface area contributed by atoms with Gasteiger partial charge >= 0.3 is 12.4 Å². The molecule has 1 aromatic heterocycles. The van der Waals surface area contributed by atoms with Crippen molar-refractivity contribution in [3.63, 3.8) is 0 Å². The quantitative estimate of drug-likeness (QED) is 0.228. The first-order chi connectivity index (χ1) is 19.4. The average Bonchev–Trinajstić information content (AvgIpc) is 2.94. The minimum atomic E-state index is -4.96. The van der Waals surface area contributed by atoms with E-state index in [2.05, 4.69) is 27.4 Å². The second kappa shape index (κ2) is 11.3. The summed E-state index contributed by atoms with van der Waals surface area (Å²) in [7, 11) is 1.56. The molecule has 0 amide bonds. The van der Waals surface area contributed by atoms with Gasteiger partial charge in [-0.25, -0.2) is 0 Å². The van der Waals surface area contributed by atoms with Gasteiger partial charge in [-0.05, 0) is 91.5 Å². The van der Waals surface area contributed by atoms with E-state index in [1.807, 2.05) is 18.2 Å². The number of ether oxygens (including phenoxy) is 1. The standard InChI is InChI=1S/C29H30F6N4OS/c1-3-16-15-39-9-7-17(16)10-25(39)26(22-6-8-36-24-5-4-21(40-2)14-23(22)24)38-27(41)37-20-12-18(28(30,31)32)11-19(13-20)29(33,34)35/h4-6,8,11-14,16-17,25-26H,3,7,9-10,15H2,1-2H3,(H2,37,38,41)/t16?,17?,25?,26-/m0/s1. The zero-order valence-corrected chi connectivity index (χ0v) is 23.3. The molecular formula is C29H30F6N4OS. The Morgan fingerprint density at radius 2 is 1.78 bits per heavy atom. The van der Waals surface area contributed by atoms with Crippen LogP contribution in [0.15, 0.2) is 48.7 Å². The van der Waals surface area contributed by atoms with E-state index in [4.69, 9.17) is 17.0 Å². The van der Waals surface area contributed by atoms with Gasteiger partial charge in [0, 0.05) is 29.9 Å². The summed E-state index contributed by atoms with van der Waals surface area (Å²) in [6.07, 6.45) is -5.21. The van der Waals surface area contributed by atoms with Crippen LogP contribution in [0.4, 0.5) is 32.0 Å². The lowest BCUT2D eigenvalue weighted by Gasteiger charge is -2.52. The normalized spacial score (nSPS) is 23.3. The van der Waals surface area contributed by atoms with Gasteiger partial charge in [0.1, 0.15) is 5.75 Å². The Balaban J connectivity index is 1.51. The summed E-state index contributed by atoms with van der Waals surface area (Å²) in [5.74, 6) is 1.72. The molecule has 3 aliphatic rings. The maximum Gasteiger partial charge on any atom is 0.416 e. The van der Waals surface area contributed by atoms with Crippen molar-refractivity contribution in [3.8, 4) is 5.75 Å². The van der Waals surface area contributed by atoms with Crippen LogP contribution >= 0.6 is 12.2 Å². The summed E-state index contributed by atoms with van der Waals surface area (Å²) in [5, 5.41) is 6.61. The predicted octanol–water partition coefficient (Wildman–Crippen LogP) is 7.43. The van der Waals surface area contributed by atoms with Crippen LogP contribution in [0.5, 0.6) is 5.75 Å². The van der Waals surface area contributed by atoms with Gasteiger partial charge in [-0.1, -0.05) is 13.3 Å². The molecule has 5 nitrogen and oxygen atoms in total. The predicted molar refractivity (Wildman–Crippen MR) is 149 cm³/mol. The third kappa shape index (κ3) is 6.23. The maximum atomic E-state index is 13.4. The SMILES string of the molecule is CCC1C[N@@]2CCC1CC2[C@@H](NC(=S)Nc1cc(C(F)(F)F)cc(C(F)(F)F)c1)c1ccnc2ccc(OC)cc12. The molecular weight excluding hydrogens is 566 g/mol. The van der Waals surface area contributed by atoms with Gasteiger partial charge in [-0.3, -0.25) is 9.88 Å². The summed E-state index contributed by atoms with van der Waals surface area (Å²) < 4.78 is 86.1. The van der Waals surface area contributed by atoms with Gasteiger partial charge in [0.05, 0.1) is 29.8 Å². The topological polar surface area (TPSA) is 49.4 Å². The molecule has 6 rings (SSSR count). The van der Waals surface area contributed by atoms with Crippen molar-refractivity contribution in [3.05, 3.63) is 65.4 Å². The van der Waals surface area contributed by atoms with Crippen LogP contribution in [0.2, 0.25) is 0 Å². The monoisotopic (exact) mass is 596 g/mol. The highest BCUT2D eigenvalue weighted by molar-refractivity contribution is 7.80. The fraction of sp³-hybridized carbons (Fsp3) is 0.448. The Bertz CT molecular complexity index is 1400. The van der Waals surface area contributed by atoms with Crippen molar-refractivity contribution in [2.24, 2.45) is 11.8 Å². The van der Waals surface area contributed by atoms with Crippen LogP contribution < -0.4 is 15.4 Å². The molecule has 3 aliphatic heterocycles. The molecule has 2 N–H and O–H groups in total. The second-order valence-electron chi connectivity index (χ2n) is 10.7. The summed E-state index contributed by atoms with van der Waals surface area (Å²) in [6.45, 7) is 4.00. The van der Waals surface area contributed by atoms with Gasteiger partial charge in [0.15, 0.2) is 5.11 Å². The lowest BCUT2D eigenvalue weighted by Crippen LogP contribution is -2.58. The summed E-state index contributed by atoms with van der Waals surface area (Å²) in [4.78, 5) is 6.88. The minimum absolute atomic E-state index is 0.000321. The molecule has 5 atom stereocenters. The lowest BCUT2D eigenvalue weighted by atomic mass is 9.72. The van der Waals surface area contributed by atoms with E-state index in [1.54, 1.807) is 19.4 Å². The molecule has 220 valence electrons. The molecule has 0 aliphatic carbocycles. The molecule has 3 unspecified atom stereocenters. The highest BCUT2D eigenvalue weighted by Crippen LogP contribution is 2.43. The van der Waals surface area contributed by atoms with Gasteiger partial charge in [-0.2, -0.15) is 26.3 Å². The molecule has 0 saturated carbocycles. The number of methoxy groups -OCH3 is 1. The van der Waals surface area contributed by atoms with Crippen LogP contribution in [0.25, 0.3) is 10.9 Å². The molecule has 41 heavy (non-hydrogen) atoms. The van der Waals surface area contributed by atoms with E-state index < -0.39 is 35.2 Å². The first-order valence-electron chi connectivity index (χ1n) is 13.4. The summed E-state index contributed by atoms with van der Waals surface area (Å²) in [6, 6.07) is 8.32. The largest absolute Gasteiger partial charge is 0.497 e. The van der Waals surface area contributed by atoms with Crippen LogP contribution in [0.1, 0.15) is 48.9 Å². The van der Waals surface area contributed by atoms with Crippen molar-refractivity contribution in [1.29, 1.82) is 0 Å². The fourth-order valence-corrected chi connectivity index (χ4v) is 6.50. The number of hydrogen-bond acceptors (Lipinski definition) is 4. The van der Waals surface area contributed by atoms with Crippen LogP contribution in [0.3, 0.4) is 0 Å². The van der Waals surface area contributed by atoms with Crippen molar-refractivity contribution in [1.82, 2.24) is 15.2 Å². The number of piperidine rings is 3. The number of aromatic nitrogens is 1. The Morgan fingerprint density at radius 1 is 1.07 bits per heavy atom. The number of hydrogen-bond donors (Lipinski definition) is 2. The summed E-state index contributed by atoms with van der Waals surface area (Å²) in [5.41, 5.74) is -1.64. The minimum Gasteiger partial charge on any atom is -0.497 e. The molecule has 0 spiro atoms. The number of fused-ring (bicyclic) bond motifs is 4. The number of benzene rings is 2. The number of halogens is 6. The Labute approximate surface area is 239 Å². The van der Waals surface area contributed by atoms with Crippen molar-refractivity contribution < 1.29 is 31.1 Å². The molecule has 3 aromatic rings. The second-order valence-corrected chi connectivity index (χ2v) is 11.1. The smallest absolute Gasteiger partial charge is 0.416 e. The number of nitrogens with one attached hydrogen (secondary N) is 2. The number of rotatable bonds is 6. The van der Waals surface area contributed by atoms with E-state index in [0.29, 0.717) is 29.7 Å². The molecule has 3 saturated heterocycles. The van der Waals surface area contributed by atoms with Crippen LogP contribution in [-0.4, -0.2) is 41.2 Å². The van der Waals surface area contributed by atoms with Gasteiger partial charge < -0.3 is 15.4 Å². The van der Waals surface area contributed by atoms with Gasteiger partial charge in [-0.15, -0.1) is 0 Å². The molecule has 0 radical (unpaired) electrons. The third-order valence-electron chi connectivity index (χ3n) is 8.29. The number of anilines is 1. The molecule has 4 heterocycles.